The van der Waals surface area contributed by atoms with Gasteiger partial charge in [-0.1, -0.05) is 30.7 Å². The molecule has 2 rings (SSSR count). The van der Waals surface area contributed by atoms with Gasteiger partial charge < -0.3 is 14.6 Å². The summed E-state index contributed by atoms with van der Waals surface area (Å²) in [5, 5.41) is 10.3. The number of hydrogen-bond donors (Lipinski definition) is 1. The fourth-order valence-corrected chi connectivity index (χ4v) is 3.03. The van der Waals surface area contributed by atoms with Gasteiger partial charge >= 0.3 is 6.18 Å². The maximum Gasteiger partial charge on any atom is 0.417 e. The first-order chi connectivity index (χ1) is 9.63. The molecule has 118 valence electrons. The predicted octanol–water partition coefficient (Wildman–Crippen LogP) is 3.74. The molecule has 0 bridgehead atoms. The fourth-order valence-electron chi connectivity index (χ4n) is 2.77. The van der Waals surface area contributed by atoms with Crippen LogP contribution in [0.1, 0.15) is 25.3 Å². The number of para-hydroxylation sites is 1. The zero-order chi connectivity index (χ0) is 16.0. The van der Waals surface area contributed by atoms with Crippen molar-refractivity contribution in [1.82, 2.24) is 0 Å². The van der Waals surface area contributed by atoms with Gasteiger partial charge in [-0.25, -0.2) is 0 Å². The van der Waals surface area contributed by atoms with Crippen molar-refractivity contribution in [3.05, 3.63) is 28.8 Å². The maximum atomic E-state index is 13.2. The molecule has 7 heteroatoms. The minimum Gasteiger partial charge on any atom is -0.495 e. The summed E-state index contributed by atoms with van der Waals surface area (Å²) in [4.78, 5) is 0. The van der Waals surface area contributed by atoms with Crippen molar-refractivity contribution in [2.24, 2.45) is 5.92 Å². The van der Waals surface area contributed by atoms with E-state index >= 15 is 0 Å². The lowest BCUT2D eigenvalue weighted by molar-refractivity contribution is -0.291. The van der Waals surface area contributed by atoms with Gasteiger partial charge in [-0.2, -0.15) is 13.2 Å². The average Bonchev–Trinajstić information content (AvgIpc) is 2.60. The van der Waals surface area contributed by atoms with Crippen LogP contribution in [0.2, 0.25) is 5.02 Å². The van der Waals surface area contributed by atoms with Crippen LogP contribution in [0.4, 0.5) is 13.2 Å². The van der Waals surface area contributed by atoms with Gasteiger partial charge in [0.25, 0.3) is 0 Å². The molecule has 3 nitrogen and oxygen atoms in total. The number of ether oxygens (including phenoxy) is 2. The molecule has 0 aliphatic carbocycles. The van der Waals surface area contributed by atoms with E-state index in [9.17, 15) is 18.3 Å². The smallest absolute Gasteiger partial charge is 0.417 e. The van der Waals surface area contributed by atoms with Gasteiger partial charge in [0.2, 0.25) is 0 Å². The van der Waals surface area contributed by atoms with Crippen molar-refractivity contribution in [1.29, 1.82) is 0 Å². The summed E-state index contributed by atoms with van der Waals surface area (Å²) in [6.45, 7) is 2.34. The molecule has 1 N–H and O–H groups in total. The summed E-state index contributed by atoms with van der Waals surface area (Å²) < 4.78 is 49.7. The molecular formula is C14H16ClF3O3. The second kappa shape index (κ2) is 5.34. The second-order valence-electron chi connectivity index (χ2n) is 5.29. The molecule has 0 amide bonds. The van der Waals surface area contributed by atoms with E-state index in [0.717, 1.165) is 6.92 Å². The quantitative estimate of drug-likeness (QED) is 0.900. The summed E-state index contributed by atoms with van der Waals surface area (Å²) in [5.41, 5.74) is -2.03. The lowest BCUT2D eigenvalue weighted by Gasteiger charge is -2.31. The minimum atomic E-state index is -4.59. The van der Waals surface area contributed by atoms with Gasteiger partial charge in [-0.05, 0) is 13.0 Å². The molecule has 0 radical (unpaired) electrons. The second-order valence-corrected chi connectivity index (χ2v) is 5.70. The Balaban J connectivity index is 2.49. The van der Waals surface area contributed by atoms with Gasteiger partial charge in [-0.15, -0.1) is 0 Å². The highest BCUT2D eigenvalue weighted by Gasteiger charge is 2.64. The topological polar surface area (TPSA) is 38.7 Å². The van der Waals surface area contributed by atoms with E-state index in [4.69, 9.17) is 21.1 Å². The molecule has 0 spiro atoms. The van der Waals surface area contributed by atoms with E-state index < -0.39 is 29.9 Å². The largest absolute Gasteiger partial charge is 0.495 e. The van der Waals surface area contributed by atoms with Crippen LogP contribution in [0.5, 0.6) is 5.75 Å². The summed E-state index contributed by atoms with van der Waals surface area (Å²) in [7, 11) is 1.38. The molecule has 4 atom stereocenters. The molecule has 1 aromatic carbocycles. The molecule has 1 fully saturated rings. The molecule has 1 aliphatic heterocycles. The van der Waals surface area contributed by atoms with Crippen LogP contribution in [-0.4, -0.2) is 30.3 Å². The Kier molecular flexibility index (Phi) is 4.17. The first-order valence-electron chi connectivity index (χ1n) is 6.38. The monoisotopic (exact) mass is 324 g/mol. The fraction of sp³-hybridized carbons (Fsp3) is 0.571. The van der Waals surface area contributed by atoms with Gasteiger partial charge in [0.05, 0.1) is 12.1 Å². The van der Waals surface area contributed by atoms with Crippen LogP contribution in [0.15, 0.2) is 18.2 Å². The number of aliphatic hydroxyl groups is 1. The number of halogens is 4. The van der Waals surface area contributed by atoms with Gasteiger partial charge in [-0.3, -0.25) is 0 Å². The molecule has 0 aromatic heterocycles. The highest BCUT2D eigenvalue weighted by Crippen LogP contribution is 2.54. The van der Waals surface area contributed by atoms with Gasteiger partial charge in [0.15, 0.2) is 11.9 Å². The molecule has 1 heterocycles. The van der Waals surface area contributed by atoms with Crippen LogP contribution in [-0.2, 0) is 4.74 Å². The maximum absolute atomic E-state index is 13.2. The Morgan fingerprint density at radius 2 is 2.00 bits per heavy atom. The molecule has 1 aliphatic rings. The van der Waals surface area contributed by atoms with Crippen LogP contribution in [0, 0.1) is 5.92 Å². The number of rotatable bonds is 2. The molecule has 1 saturated heterocycles. The SMILES string of the molecule is COc1c(Cl)cccc1C1C(O)OC(C)(C(F)(F)F)C1C. The highest BCUT2D eigenvalue weighted by molar-refractivity contribution is 6.32. The lowest BCUT2D eigenvalue weighted by atomic mass is 9.79. The van der Waals surface area contributed by atoms with Crippen molar-refractivity contribution < 1.29 is 27.8 Å². The van der Waals surface area contributed by atoms with E-state index in [-0.39, 0.29) is 10.8 Å². The Morgan fingerprint density at radius 3 is 2.48 bits per heavy atom. The van der Waals surface area contributed by atoms with Crippen LogP contribution in [0.25, 0.3) is 0 Å². The average molecular weight is 325 g/mol. The van der Waals surface area contributed by atoms with Crippen molar-refractivity contribution in [2.75, 3.05) is 7.11 Å². The Hall–Kier alpha value is -0.980. The van der Waals surface area contributed by atoms with Crippen molar-refractivity contribution in [3.63, 3.8) is 0 Å². The first-order valence-corrected chi connectivity index (χ1v) is 6.76. The van der Waals surface area contributed by atoms with Gasteiger partial charge in [0.1, 0.15) is 5.75 Å². The molecule has 4 unspecified atom stereocenters. The van der Waals surface area contributed by atoms with Crippen LogP contribution < -0.4 is 4.74 Å². The van der Waals surface area contributed by atoms with E-state index in [1.54, 1.807) is 18.2 Å². The Labute approximate surface area is 125 Å². The number of methoxy groups -OCH3 is 1. The number of benzene rings is 1. The summed E-state index contributed by atoms with van der Waals surface area (Å²) in [5.74, 6) is -1.63. The lowest BCUT2D eigenvalue weighted by Crippen LogP contribution is -2.46. The first kappa shape index (κ1) is 16.4. The van der Waals surface area contributed by atoms with Gasteiger partial charge in [0, 0.05) is 17.4 Å². The third kappa shape index (κ3) is 2.49. The Bertz CT molecular complexity index is 535. The van der Waals surface area contributed by atoms with Crippen LogP contribution >= 0.6 is 11.6 Å². The third-order valence-electron chi connectivity index (χ3n) is 4.20. The van der Waals surface area contributed by atoms with Crippen LogP contribution in [0.3, 0.4) is 0 Å². The molecule has 1 aromatic rings. The van der Waals surface area contributed by atoms with E-state index in [0.29, 0.717) is 5.56 Å². The summed E-state index contributed by atoms with van der Waals surface area (Å²) >= 11 is 5.99. The Morgan fingerprint density at radius 1 is 1.38 bits per heavy atom. The predicted molar refractivity (Wildman–Crippen MR) is 71.5 cm³/mol. The molecular weight excluding hydrogens is 309 g/mol. The highest BCUT2D eigenvalue weighted by atomic mass is 35.5. The summed E-state index contributed by atoms with van der Waals surface area (Å²) in [6.07, 6.45) is -6.17. The molecule has 21 heavy (non-hydrogen) atoms. The normalized spacial score (nSPS) is 33.2. The van der Waals surface area contributed by atoms with Crippen molar-refractivity contribution in [3.8, 4) is 5.75 Å². The van der Waals surface area contributed by atoms with Crippen molar-refractivity contribution >= 4 is 11.6 Å². The van der Waals surface area contributed by atoms with E-state index in [1.807, 2.05) is 0 Å². The zero-order valence-corrected chi connectivity index (χ0v) is 12.5. The molecule has 0 saturated carbocycles. The summed E-state index contributed by atoms with van der Waals surface area (Å²) in [6, 6.07) is 4.75. The minimum absolute atomic E-state index is 0.255. The van der Waals surface area contributed by atoms with Crippen molar-refractivity contribution in [2.45, 2.75) is 37.8 Å². The number of alkyl halides is 3. The third-order valence-corrected chi connectivity index (χ3v) is 4.50. The number of aliphatic hydroxyl groups excluding tert-OH is 1. The zero-order valence-electron chi connectivity index (χ0n) is 11.7. The van der Waals surface area contributed by atoms with E-state index in [2.05, 4.69) is 0 Å². The standard InChI is InChI=1S/C14H16ClF3O3/c1-7-10(8-5-4-6-9(15)11(8)20-3)12(19)21-13(7,2)14(16,17)18/h4-7,10,12,19H,1-3H3. The van der Waals surface area contributed by atoms with E-state index in [1.165, 1.54) is 14.0 Å². The number of hydrogen-bond acceptors (Lipinski definition) is 3.